The molecule has 0 spiro atoms. The zero-order valence-corrected chi connectivity index (χ0v) is 16.1. The summed E-state index contributed by atoms with van der Waals surface area (Å²) < 4.78 is 1.41. The van der Waals surface area contributed by atoms with E-state index in [0.717, 1.165) is 24.9 Å². The predicted molar refractivity (Wildman–Crippen MR) is 106 cm³/mol. The van der Waals surface area contributed by atoms with Crippen LogP contribution in [0.25, 0.3) is 0 Å². The molecular weight excluding hydrogens is 378 g/mol. The third-order valence-corrected chi connectivity index (χ3v) is 7.30. The van der Waals surface area contributed by atoms with Gasteiger partial charge >= 0.3 is 5.97 Å². The molecule has 4 saturated carbocycles. The molecule has 3 unspecified atom stereocenters. The van der Waals surface area contributed by atoms with Gasteiger partial charge in [0.05, 0.1) is 23.3 Å². The number of nitrogens with zero attached hydrogens (tertiary/aromatic N) is 2. The first-order valence-electron chi connectivity index (χ1n) is 9.81. The molecule has 4 aliphatic rings. The number of carbonyl (C=O) groups is 1. The molecule has 2 aromatic rings. The molecule has 4 aliphatic carbocycles. The molecule has 2 N–H and O–H groups in total. The molecule has 0 aliphatic heterocycles. The molecule has 1 aromatic heterocycles. The van der Waals surface area contributed by atoms with Gasteiger partial charge in [0, 0.05) is 5.69 Å². The van der Waals surface area contributed by atoms with Crippen molar-refractivity contribution < 1.29 is 9.90 Å². The summed E-state index contributed by atoms with van der Waals surface area (Å²) in [6.45, 7) is 0. The third-order valence-electron chi connectivity index (χ3n) is 6.93. The second kappa shape index (κ2) is 6.34. The first-order chi connectivity index (χ1) is 13.5. The van der Waals surface area contributed by atoms with Gasteiger partial charge in [-0.1, -0.05) is 29.8 Å². The summed E-state index contributed by atoms with van der Waals surface area (Å²) in [4.78, 5) is 25.4. The normalized spacial score (nSPS) is 33.0. The van der Waals surface area contributed by atoms with Crippen LogP contribution in [0.15, 0.2) is 41.3 Å². The quantitative estimate of drug-likeness (QED) is 0.815. The Balaban J connectivity index is 1.58. The Morgan fingerprint density at radius 2 is 1.86 bits per heavy atom. The van der Waals surface area contributed by atoms with E-state index in [1.807, 2.05) is 30.3 Å². The number of hydrogen-bond donors (Lipinski definition) is 2. The molecule has 4 bridgehead atoms. The molecule has 4 fully saturated rings. The van der Waals surface area contributed by atoms with Crippen molar-refractivity contribution in [1.82, 2.24) is 9.78 Å². The van der Waals surface area contributed by atoms with Gasteiger partial charge in [-0.25, -0.2) is 4.68 Å². The third kappa shape index (κ3) is 2.58. The van der Waals surface area contributed by atoms with Crippen LogP contribution in [-0.2, 0) is 10.3 Å². The van der Waals surface area contributed by atoms with Gasteiger partial charge in [0.15, 0.2) is 0 Å². The zero-order chi connectivity index (χ0) is 19.5. The number of aliphatic carboxylic acids is 1. The van der Waals surface area contributed by atoms with E-state index >= 15 is 0 Å². The summed E-state index contributed by atoms with van der Waals surface area (Å²) in [6, 6.07) is 9.43. The van der Waals surface area contributed by atoms with Gasteiger partial charge in [-0.15, -0.1) is 0 Å². The lowest BCUT2D eigenvalue weighted by Crippen LogP contribution is -2.63. The minimum Gasteiger partial charge on any atom is -0.481 e. The molecule has 1 heterocycles. The summed E-state index contributed by atoms with van der Waals surface area (Å²) in [5.74, 6) is -0.321. The molecular formula is C21H22ClN3O3. The maximum absolute atomic E-state index is 13.2. The van der Waals surface area contributed by atoms with Crippen molar-refractivity contribution in [3.63, 3.8) is 0 Å². The summed E-state index contributed by atoms with van der Waals surface area (Å²) >= 11 is 6.43. The summed E-state index contributed by atoms with van der Waals surface area (Å²) in [7, 11) is 0. The molecule has 146 valence electrons. The number of anilines is 2. The van der Waals surface area contributed by atoms with Crippen molar-refractivity contribution in [1.29, 1.82) is 0 Å². The van der Waals surface area contributed by atoms with Gasteiger partial charge in [-0.3, -0.25) is 9.59 Å². The fraction of sp³-hybridized carbons (Fsp3) is 0.476. The number of rotatable bonds is 4. The maximum atomic E-state index is 13.2. The molecule has 6 rings (SSSR count). The van der Waals surface area contributed by atoms with Crippen LogP contribution in [0.4, 0.5) is 11.4 Å². The second-order valence-electron chi connectivity index (χ2n) is 8.61. The molecule has 3 atom stereocenters. The summed E-state index contributed by atoms with van der Waals surface area (Å²) in [6.07, 6.45) is 5.99. The number of nitrogens with one attached hydrogen (secondary N) is 1. The lowest BCUT2D eigenvalue weighted by molar-refractivity contribution is -0.168. The van der Waals surface area contributed by atoms with Crippen molar-refractivity contribution >= 4 is 28.9 Å². The largest absolute Gasteiger partial charge is 0.481 e. The maximum Gasteiger partial charge on any atom is 0.309 e. The number of carboxylic acids is 1. The Hall–Kier alpha value is -2.34. The molecule has 0 radical (unpaired) electrons. The Bertz CT molecular complexity index is 976. The minimum atomic E-state index is -0.819. The first kappa shape index (κ1) is 17.7. The highest BCUT2D eigenvalue weighted by molar-refractivity contribution is 6.33. The van der Waals surface area contributed by atoms with Crippen LogP contribution in [0.1, 0.15) is 32.1 Å². The number of hydrogen-bond acceptors (Lipinski definition) is 4. The van der Waals surface area contributed by atoms with Crippen molar-refractivity contribution in [2.75, 3.05) is 5.32 Å². The highest BCUT2D eigenvalue weighted by Crippen LogP contribution is 2.61. The van der Waals surface area contributed by atoms with E-state index < -0.39 is 23.0 Å². The van der Waals surface area contributed by atoms with E-state index in [1.54, 1.807) is 6.20 Å². The van der Waals surface area contributed by atoms with Crippen LogP contribution in [0, 0.1) is 23.7 Å². The number of carboxylic acid groups (broad SMARTS) is 1. The lowest BCUT2D eigenvalue weighted by atomic mass is 9.48. The average Bonchev–Trinajstić information content (AvgIpc) is 2.65. The fourth-order valence-electron chi connectivity index (χ4n) is 6.25. The van der Waals surface area contributed by atoms with E-state index in [4.69, 9.17) is 11.6 Å². The van der Waals surface area contributed by atoms with Crippen LogP contribution in [0.5, 0.6) is 0 Å². The Labute approximate surface area is 167 Å². The smallest absolute Gasteiger partial charge is 0.309 e. The Morgan fingerprint density at radius 1 is 1.18 bits per heavy atom. The second-order valence-corrected chi connectivity index (χ2v) is 8.99. The highest BCUT2D eigenvalue weighted by atomic mass is 35.5. The molecule has 1 aromatic carbocycles. The number of para-hydroxylation sites is 1. The van der Waals surface area contributed by atoms with E-state index in [1.165, 1.54) is 4.68 Å². The number of benzene rings is 1. The van der Waals surface area contributed by atoms with Crippen molar-refractivity contribution in [3.05, 3.63) is 51.9 Å². The van der Waals surface area contributed by atoms with Crippen molar-refractivity contribution in [2.24, 2.45) is 23.7 Å². The van der Waals surface area contributed by atoms with Gasteiger partial charge in [-0.2, -0.15) is 5.10 Å². The van der Waals surface area contributed by atoms with Crippen LogP contribution in [0.3, 0.4) is 0 Å². The van der Waals surface area contributed by atoms with Crippen LogP contribution < -0.4 is 10.9 Å². The van der Waals surface area contributed by atoms with E-state index in [0.29, 0.717) is 30.4 Å². The van der Waals surface area contributed by atoms with Gasteiger partial charge in [0.2, 0.25) is 0 Å². The minimum absolute atomic E-state index is 0.0544. The van der Waals surface area contributed by atoms with Gasteiger partial charge in [0.25, 0.3) is 5.56 Å². The molecule has 0 saturated heterocycles. The topological polar surface area (TPSA) is 84.2 Å². The van der Waals surface area contributed by atoms with E-state index in [9.17, 15) is 14.7 Å². The van der Waals surface area contributed by atoms with Crippen molar-refractivity contribution in [2.45, 2.75) is 37.6 Å². The monoisotopic (exact) mass is 399 g/mol. The highest BCUT2D eigenvalue weighted by Gasteiger charge is 2.61. The van der Waals surface area contributed by atoms with E-state index in [-0.39, 0.29) is 10.9 Å². The average molecular weight is 400 g/mol. The summed E-state index contributed by atoms with van der Waals surface area (Å²) in [5.41, 5.74) is 0.0788. The van der Waals surface area contributed by atoms with Gasteiger partial charge in [0.1, 0.15) is 5.02 Å². The first-order valence-corrected chi connectivity index (χ1v) is 10.2. The zero-order valence-electron chi connectivity index (χ0n) is 15.3. The van der Waals surface area contributed by atoms with Crippen LogP contribution >= 0.6 is 11.6 Å². The Kier molecular flexibility index (Phi) is 4.02. The van der Waals surface area contributed by atoms with Gasteiger partial charge < -0.3 is 10.4 Å². The molecule has 28 heavy (non-hydrogen) atoms. The van der Waals surface area contributed by atoms with Crippen LogP contribution in [-0.4, -0.2) is 20.9 Å². The SMILES string of the molecule is O=C(O)C1C2CC3CC(C2)CC1(n1ncc(Nc2ccccc2)c(Cl)c1=O)C3. The van der Waals surface area contributed by atoms with E-state index in [2.05, 4.69) is 10.4 Å². The number of halogens is 1. The fourth-order valence-corrected chi connectivity index (χ4v) is 6.42. The molecule has 0 amide bonds. The Morgan fingerprint density at radius 3 is 2.50 bits per heavy atom. The summed E-state index contributed by atoms with van der Waals surface area (Å²) in [5, 5.41) is 17.6. The molecule has 6 nitrogen and oxygen atoms in total. The molecule has 7 heteroatoms. The standard InChI is InChI=1S/C21H22ClN3O3/c22-18-16(24-15-4-2-1-3-5-15)11-23-25(19(18)26)21-9-12-6-13(10-21)8-14(7-12)17(21)20(27)28/h1-5,11-14,17,24H,6-10H2,(H,27,28). The lowest BCUT2D eigenvalue weighted by Gasteiger charge is -2.59. The predicted octanol–water partition coefficient (Wildman–Crippen LogP) is 3.88. The number of aromatic nitrogens is 2. The van der Waals surface area contributed by atoms with Crippen LogP contribution in [0.2, 0.25) is 5.02 Å². The van der Waals surface area contributed by atoms with Gasteiger partial charge in [-0.05, 0) is 62.0 Å². The van der Waals surface area contributed by atoms with Crippen molar-refractivity contribution in [3.8, 4) is 0 Å².